The number of hydrogen-bond acceptors (Lipinski definition) is 2. The van der Waals surface area contributed by atoms with Gasteiger partial charge in [0.1, 0.15) is 0 Å². The molecule has 1 amide bonds. The number of hydrogen-bond donors (Lipinski definition) is 1. The van der Waals surface area contributed by atoms with Crippen molar-refractivity contribution in [2.45, 2.75) is 32.4 Å². The van der Waals surface area contributed by atoms with Crippen LogP contribution in [0, 0.1) is 0 Å². The molecule has 1 heterocycles. The predicted octanol–water partition coefficient (Wildman–Crippen LogP) is 2.21. The maximum atomic E-state index is 12.2. The van der Waals surface area contributed by atoms with Crippen LogP contribution in [0.3, 0.4) is 0 Å². The summed E-state index contributed by atoms with van der Waals surface area (Å²) in [5.74, 6) is 0.244. The van der Waals surface area contributed by atoms with Crippen molar-refractivity contribution in [3.05, 3.63) is 35.9 Å². The van der Waals surface area contributed by atoms with E-state index in [9.17, 15) is 4.79 Å². The number of carbonyl (C=O) groups is 1. The standard InChI is InChI=1S/C14H20N2O.ClH/c1-2-16(11-12-7-4-3-5-8-12)14(17)13-9-6-10-15-13;/h3-5,7-8,13,15H,2,6,9-11H2,1H3;1H/t13-;/m0./s1. The molecule has 0 saturated carbocycles. The second-order valence-electron chi connectivity index (χ2n) is 4.49. The van der Waals surface area contributed by atoms with Crippen LogP contribution in [0.25, 0.3) is 0 Å². The van der Waals surface area contributed by atoms with Gasteiger partial charge in [-0.15, -0.1) is 12.4 Å². The smallest absolute Gasteiger partial charge is 0.239 e. The Kier molecular flexibility index (Phi) is 6.16. The molecule has 1 atom stereocenters. The lowest BCUT2D eigenvalue weighted by Gasteiger charge is -2.24. The molecule has 3 nitrogen and oxygen atoms in total. The summed E-state index contributed by atoms with van der Waals surface area (Å²) in [6.07, 6.45) is 2.09. The van der Waals surface area contributed by atoms with Crippen molar-refractivity contribution in [2.75, 3.05) is 13.1 Å². The minimum Gasteiger partial charge on any atom is -0.337 e. The van der Waals surface area contributed by atoms with Crippen LogP contribution in [0.1, 0.15) is 25.3 Å². The molecule has 0 unspecified atom stereocenters. The Morgan fingerprint density at radius 2 is 2.11 bits per heavy atom. The molecule has 0 bridgehead atoms. The van der Waals surface area contributed by atoms with Gasteiger partial charge in [-0.25, -0.2) is 0 Å². The van der Waals surface area contributed by atoms with Gasteiger partial charge >= 0.3 is 0 Å². The van der Waals surface area contributed by atoms with Gasteiger partial charge in [-0.1, -0.05) is 30.3 Å². The number of halogens is 1. The number of carbonyl (C=O) groups excluding carboxylic acids is 1. The average Bonchev–Trinajstić information content (AvgIpc) is 2.90. The van der Waals surface area contributed by atoms with E-state index >= 15 is 0 Å². The van der Waals surface area contributed by atoms with E-state index in [0.29, 0.717) is 6.54 Å². The fraction of sp³-hybridized carbons (Fsp3) is 0.500. The van der Waals surface area contributed by atoms with Crippen LogP contribution in [-0.4, -0.2) is 29.9 Å². The Morgan fingerprint density at radius 1 is 1.39 bits per heavy atom. The van der Waals surface area contributed by atoms with Crippen LogP contribution >= 0.6 is 12.4 Å². The zero-order chi connectivity index (χ0) is 12.1. The highest BCUT2D eigenvalue weighted by Gasteiger charge is 2.25. The Morgan fingerprint density at radius 3 is 2.67 bits per heavy atom. The average molecular weight is 269 g/mol. The van der Waals surface area contributed by atoms with Crippen LogP contribution in [0.15, 0.2) is 30.3 Å². The number of nitrogens with zero attached hydrogens (tertiary/aromatic N) is 1. The molecule has 4 heteroatoms. The fourth-order valence-electron chi connectivity index (χ4n) is 2.27. The quantitative estimate of drug-likeness (QED) is 0.908. The lowest BCUT2D eigenvalue weighted by atomic mass is 10.1. The van der Waals surface area contributed by atoms with E-state index in [1.54, 1.807) is 0 Å². The van der Waals surface area contributed by atoms with Crippen molar-refractivity contribution >= 4 is 18.3 Å². The summed E-state index contributed by atoms with van der Waals surface area (Å²) in [7, 11) is 0. The Balaban J connectivity index is 0.00000162. The molecule has 2 rings (SSSR count). The van der Waals surface area contributed by atoms with Crippen LogP contribution in [-0.2, 0) is 11.3 Å². The second-order valence-corrected chi connectivity index (χ2v) is 4.49. The minimum atomic E-state index is 0. The molecule has 1 aliphatic heterocycles. The van der Waals surface area contributed by atoms with E-state index in [2.05, 4.69) is 17.4 Å². The molecular weight excluding hydrogens is 248 g/mol. The molecule has 0 spiro atoms. The normalized spacial score (nSPS) is 18.2. The third kappa shape index (κ3) is 3.72. The van der Waals surface area contributed by atoms with Gasteiger partial charge in [0.05, 0.1) is 6.04 Å². The van der Waals surface area contributed by atoms with E-state index in [4.69, 9.17) is 0 Å². The summed E-state index contributed by atoms with van der Waals surface area (Å²) in [5, 5.41) is 3.27. The van der Waals surface area contributed by atoms with Crippen molar-refractivity contribution in [1.29, 1.82) is 0 Å². The predicted molar refractivity (Wildman–Crippen MR) is 75.8 cm³/mol. The highest BCUT2D eigenvalue weighted by atomic mass is 35.5. The van der Waals surface area contributed by atoms with E-state index in [-0.39, 0.29) is 24.4 Å². The van der Waals surface area contributed by atoms with E-state index in [1.165, 1.54) is 5.56 Å². The Bertz CT molecular complexity index is 363. The Labute approximate surface area is 115 Å². The summed E-state index contributed by atoms with van der Waals surface area (Å²) in [6, 6.07) is 10.2. The summed E-state index contributed by atoms with van der Waals surface area (Å²) in [6.45, 7) is 4.50. The number of nitrogens with one attached hydrogen (secondary N) is 1. The first-order chi connectivity index (χ1) is 8.31. The van der Waals surface area contributed by atoms with Crippen molar-refractivity contribution in [1.82, 2.24) is 10.2 Å². The van der Waals surface area contributed by atoms with Gasteiger partial charge < -0.3 is 10.2 Å². The lowest BCUT2D eigenvalue weighted by Crippen LogP contribution is -2.43. The number of benzene rings is 1. The van der Waals surface area contributed by atoms with Crippen molar-refractivity contribution in [3.63, 3.8) is 0 Å². The molecule has 18 heavy (non-hydrogen) atoms. The van der Waals surface area contributed by atoms with Gasteiger partial charge in [-0.2, -0.15) is 0 Å². The first kappa shape index (κ1) is 15.0. The maximum Gasteiger partial charge on any atom is 0.239 e. The van der Waals surface area contributed by atoms with Crippen molar-refractivity contribution < 1.29 is 4.79 Å². The molecule has 1 fully saturated rings. The monoisotopic (exact) mass is 268 g/mol. The largest absolute Gasteiger partial charge is 0.337 e. The molecule has 1 N–H and O–H groups in total. The van der Waals surface area contributed by atoms with Gasteiger partial charge in [0.25, 0.3) is 0 Å². The van der Waals surface area contributed by atoms with E-state index in [0.717, 1.165) is 25.9 Å². The first-order valence-electron chi connectivity index (χ1n) is 6.37. The number of likely N-dealkylation sites (N-methyl/N-ethyl adjacent to an activating group) is 1. The number of amides is 1. The summed E-state index contributed by atoms with van der Waals surface area (Å²) < 4.78 is 0. The van der Waals surface area contributed by atoms with Crippen LogP contribution in [0.5, 0.6) is 0 Å². The highest BCUT2D eigenvalue weighted by Crippen LogP contribution is 2.11. The summed E-state index contributed by atoms with van der Waals surface area (Å²) >= 11 is 0. The number of rotatable bonds is 4. The van der Waals surface area contributed by atoms with Crippen LogP contribution in [0.2, 0.25) is 0 Å². The molecular formula is C14H21ClN2O. The topological polar surface area (TPSA) is 32.3 Å². The summed E-state index contributed by atoms with van der Waals surface area (Å²) in [5.41, 5.74) is 1.20. The first-order valence-corrected chi connectivity index (χ1v) is 6.37. The molecule has 0 radical (unpaired) electrons. The molecule has 1 aromatic rings. The molecule has 1 aliphatic rings. The van der Waals surface area contributed by atoms with Crippen molar-refractivity contribution in [3.8, 4) is 0 Å². The van der Waals surface area contributed by atoms with Gasteiger partial charge in [0.2, 0.25) is 5.91 Å². The Hall–Kier alpha value is -1.06. The SMILES string of the molecule is CCN(Cc1ccccc1)C(=O)[C@@H]1CCCN1.Cl. The molecule has 100 valence electrons. The molecule has 1 aromatic carbocycles. The molecule has 0 aromatic heterocycles. The van der Waals surface area contributed by atoms with Crippen LogP contribution < -0.4 is 5.32 Å². The molecule has 1 saturated heterocycles. The van der Waals surface area contributed by atoms with Gasteiger partial charge in [-0.05, 0) is 31.9 Å². The third-order valence-electron chi connectivity index (χ3n) is 3.27. The van der Waals surface area contributed by atoms with E-state index in [1.807, 2.05) is 30.0 Å². The van der Waals surface area contributed by atoms with Gasteiger partial charge in [-0.3, -0.25) is 4.79 Å². The van der Waals surface area contributed by atoms with Crippen molar-refractivity contribution in [2.24, 2.45) is 0 Å². The van der Waals surface area contributed by atoms with Gasteiger partial charge in [0.15, 0.2) is 0 Å². The molecule has 0 aliphatic carbocycles. The van der Waals surface area contributed by atoms with E-state index < -0.39 is 0 Å². The van der Waals surface area contributed by atoms with Crippen LogP contribution in [0.4, 0.5) is 0 Å². The summed E-state index contributed by atoms with van der Waals surface area (Å²) in [4.78, 5) is 14.2. The fourth-order valence-corrected chi connectivity index (χ4v) is 2.27. The highest BCUT2D eigenvalue weighted by molar-refractivity contribution is 5.85. The maximum absolute atomic E-state index is 12.2. The zero-order valence-corrected chi connectivity index (χ0v) is 11.6. The lowest BCUT2D eigenvalue weighted by molar-refractivity contribution is -0.133. The van der Waals surface area contributed by atoms with Gasteiger partial charge in [0, 0.05) is 13.1 Å². The minimum absolute atomic E-state index is 0. The zero-order valence-electron chi connectivity index (χ0n) is 10.8. The second kappa shape index (κ2) is 7.39. The third-order valence-corrected chi connectivity index (χ3v) is 3.27.